The Morgan fingerprint density at radius 3 is 1.90 bits per heavy atom. The monoisotopic (exact) mass is 848 g/mol. The average Bonchev–Trinajstić information content (AvgIpc) is 3.63. The molecule has 2 aromatic heterocycles. The number of aromatic nitrogens is 3. The van der Waals surface area contributed by atoms with Gasteiger partial charge in [-0.15, -0.1) is 16.0 Å². The van der Waals surface area contributed by atoms with Gasteiger partial charge in [0.25, 0.3) is 6.10 Å². The van der Waals surface area contributed by atoms with E-state index in [9.17, 15) is 29.1 Å². The number of alkyl carbamates (subject to hydrolysis) is 2. The molecular formula is C39H58N7O12S+. The predicted molar refractivity (Wildman–Crippen MR) is 217 cm³/mol. The van der Waals surface area contributed by atoms with Crippen LogP contribution < -0.4 is 25.4 Å². The summed E-state index contributed by atoms with van der Waals surface area (Å²) in [6.45, 7) is 20.9. The molecule has 3 rings (SSSR count). The number of carboxylic acid groups (broad SMARTS) is 1. The molecule has 1 unspecified atom stereocenters. The van der Waals surface area contributed by atoms with Crippen LogP contribution in [0.4, 0.5) is 19.5 Å². The van der Waals surface area contributed by atoms with Crippen LogP contribution in [0.25, 0.3) is 10.9 Å². The fraction of sp³-hybridized carbons (Fsp3) is 0.590. The molecule has 59 heavy (non-hydrogen) atoms. The maximum atomic E-state index is 13.2. The molecule has 0 fully saturated rings. The molecule has 0 radical (unpaired) electrons. The zero-order chi connectivity index (χ0) is 44.5. The number of anilines is 1. The first-order valence-electron chi connectivity index (χ1n) is 18.8. The third kappa shape index (κ3) is 17.0. The Hall–Kier alpha value is -5.66. The van der Waals surface area contributed by atoms with E-state index in [0.29, 0.717) is 12.3 Å². The number of amides is 3. The van der Waals surface area contributed by atoms with Gasteiger partial charge in [-0.2, -0.15) is 4.68 Å². The van der Waals surface area contributed by atoms with Gasteiger partial charge in [0, 0.05) is 18.5 Å². The number of hydrogen-bond acceptors (Lipinski definition) is 14. The fourth-order valence-electron chi connectivity index (χ4n) is 4.95. The van der Waals surface area contributed by atoms with Gasteiger partial charge < -0.3 is 44.3 Å². The largest absolute Gasteiger partial charge is 0.489 e. The van der Waals surface area contributed by atoms with Crippen LogP contribution in [0.3, 0.4) is 0 Å². The number of ether oxygens (including phenoxy) is 5. The van der Waals surface area contributed by atoms with Crippen molar-refractivity contribution in [3.05, 3.63) is 35.5 Å². The molecule has 1 aromatic carbocycles. The zero-order valence-electron chi connectivity index (χ0n) is 36.0. The lowest BCUT2D eigenvalue weighted by molar-refractivity contribution is -0.775. The number of carbonyl (C=O) groups is 5. The van der Waals surface area contributed by atoms with Crippen molar-refractivity contribution in [3.8, 4) is 5.75 Å². The quantitative estimate of drug-likeness (QED) is 0.0485. The van der Waals surface area contributed by atoms with Gasteiger partial charge in [0.15, 0.2) is 11.7 Å². The third-order valence-electron chi connectivity index (χ3n) is 7.23. The highest BCUT2D eigenvalue weighted by molar-refractivity contribution is 7.14. The second-order valence-electron chi connectivity index (χ2n) is 17.5. The number of carboxylic acids is 1. The Morgan fingerprint density at radius 1 is 0.831 bits per heavy atom. The lowest BCUT2D eigenvalue weighted by atomic mass is 10.1. The Labute approximate surface area is 347 Å². The van der Waals surface area contributed by atoms with Gasteiger partial charge in [0.05, 0.1) is 18.4 Å². The second kappa shape index (κ2) is 19.4. The number of thiazole rings is 1. The summed E-state index contributed by atoms with van der Waals surface area (Å²) in [5.41, 5.74) is -3.03. The summed E-state index contributed by atoms with van der Waals surface area (Å²) >= 11 is 0.936. The summed E-state index contributed by atoms with van der Waals surface area (Å²) < 4.78 is 31.3. The van der Waals surface area contributed by atoms with Crippen molar-refractivity contribution in [1.29, 1.82) is 0 Å². The molecule has 0 aliphatic rings. The summed E-state index contributed by atoms with van der Waals surface area (Å²) in [5.74, 6) is -2.31. The first-order chi connectivity index (χ1) is 27.1. The fourth-order valence-corrected chi connectivity index (χ4v) is 5.64. The van der Waals surface area contributed by atoms with E-state index in [-0.39, 0.29) is 29.8 Å². The van der Waals surface area contributed by atoms with Gasteiger partial charge in [-0.25, -0.2) is 29.0 Å². The molecule has 0 saturated carbocycles. The van der Waals surface area contributed by atoms with Crippen LogP contribution in [0.5, 0.6) is 5.75 Å². The van der Waals surface area contributed by atoms with Crippen molar-refractivity contribution in [2.45, 2.75) is 118 Å². The van der Waals surface area contributed by atoms with E-state index in [0.717, 1.165) is 22.2 Å². The maximum absolute atomic E-state index is 13.2. The smallest absolute Gasteiger partial charge is 0.413 e. The van der Waals surface area contributed by atoms with E-state index in [1.165, 1.54) is 5.38 Å². The van der Waals surface area contributed by atoms with Crippen LogP contribution in [0.1, 0.15) is 88.8 Å². The summed E-state index contributed by atoms with van der Waals surface area (Å²) in [6, 6.07) is 5.24. The minimum absolute atomic E-state index is 0.0540. The number of hydrogen-bond donors (Lipinski definition) is 4. The van der Waals surface area contributed by atoms with E-state index in [4.69, 9.17) is 28.5 Å². The van der Waals surface area contributed by atoms with Crippen LogP contribution >= 0.6 is 11.3 Å². The first kappa shape index (κ1) is 47.7. The minimum Gasteiger partial charge on any atom is -0.489 e. The van der Waals surface area contributed by atoms with Gasteiger partial charge >= 0.3 is 30.2 Å². The first-order valence-corrected chi connectivity index (χ1v) is 19.7. The van der Waals surface area contributed by atoms with Gasteiger partial charge in [-0.3, -0.25) is 5.32 Å². The topological polar surface area (TPSA) is 231 Å². The van der Waals surface area contributed by atoms with Gasteiger partial charge in [0.1, 0.15) is 46.0 Å². The van der Waals surface area contributed by atoms with Crippen LogP contribution in [-0.4, -0.2) is 98.9 Å². The third-order valence-corrected chi connectivity index (χ3v) is 7.99. The summed E-state index contributed by atoms with van der Waals surface area (Å²) in [6.07, 6.45) is -1.60. The van der Waals surface area contributed by atoms with E-state index in [2.05, 4.69) is 26.1 Å². The van der Waals surface area contributed by atoms with Crippen molar-refractivity contribution in [3.63, 3.8) is 0 Å². The normalized spacial score (nSPS) is 13.0. The SMILES string of the molecule is Cn1c2ccc(OCC(O/N=C(\C(=O)O)c3csc(NC(=O)OC(C)(C)C)n3)C(=O)OC(C)(C)C)cc2c[n+]1CC(CNC(=O)OC(C)(C)C)CNC(=O)OC(C)(C)C. The molecule has 0 saturated heterocycles. The molecule has 3 aromatic rings. The number of nitrogens with one attached hydrogen (secondary N) is 3. The highest BCUT2D eigenvalue weighted by atomic mass is 32.1. The Balaban J connectivity index is 1.82. The molecule has 326 valence electrons. The van der Waals surface area contributed by atoms with E-state index in [1.54, 1.807) is 95.2 Å². The number of nitrogens with zero attached hydrogens (tertiary/aromatic N) is 4. The van der Waals surface area contributed by atoms with Crippen molar-refractivity contribution in [2.24, 2.45) is 18.1 Å². The summed E-state index contributed by atoms with van der Waals surface area (Å²) in [7, 11) is 1.85. The maximum Gasteiger partial charge on any atom is 0.413 e. The van der Waals surface area contributed by atoms with E-state index >= 15 is 0 Å². The number of benzene rings is 1. The van der Waals surface area contributed by atoms with Gasteiger partial charge in [-0.1, -0.05) is 5.16 Å². The van der Waals surface area contributed by atoms with E-state index in [1.807, 2.05) is 28.7 Å². The molecule has 2 heterocycles. The molecule has 19 nitrogen and oxygen atoms in total. The summed E-state index contributed by atoms with van der Waals surface area (Å²) in [5, 5.41) is 23.8. The number of aliphatic carboxylic acids is 1. The van der Waals surface area contributed by atoms with Crippen LogP contribution in [0, 0.1) is 5.92 Å². The minimum atomic E-state index is -1.51. The van der Waals surface area contributed by atoms with Gasteiger partial charge in [0.2, 0.25) is 11.9 Å². The Bertz CT molecular complexity index is 1970. The predicted octanol–water partition coefficient (Wildman–Crippen LogP) is 5.53. The number of rotatable bonds is 15. The molecule has 0 spiro atoms. The standard InChI is InChI=1S/C39H57N7O12S/c1-36(2,3)54-31(49)28(58-44-29(30(47)48)26-22-59-32(42-26)43-35(52)57-39(10,11)12)21-53-25-14-15-27-24(16-25)20-46(45(27)13)19-23(17-40-33(50)55-37(4,5)6)18-41-34(51)56-38(7,8)9/h14-16,20,22-23,28H,17-19,21H2,1-13H3,(H3-,40,41,42,43,47,48,50,51,52)/p+1/b44-29-. The molecule has 0 aliphatic carbocycles. The van der Waals surface area contributed by atoms with Crippen LogP contribution in [-0.2, 0) is 47.0 Å². The van der Waals surface area contributed by atoms with Crippen molar-refractivity contribution in [2.75, 3.05) is 25.0 Å². The lowest BCUT2D eigenvalue weighted by Crippen LogP contribution is -2.50. The molecule has 0 aliphatic heterocycles. The molecule has 20 heteroatoms. The lowest BCUT2D eigenvalue weighted by Gasteiger charge is -2.23. The van der Waals surface area contributed by atoms with Crippen LogP contribution in [0.15, 0.2) is 34.9 Å². The number of fused-ring (bicyclic) bond motifs is 1. The van der Waals surface area contributed by atoms with Gasteiger partial charge in [-0.05, 0) is 101 Å². The second-order valence-corrected chi connectivity index (χ2v) is 18.3. The Kier molecular flexibility index (Phi) is 15.7. The molecule has 1 atom stereocenters. The number of carbonyl (C=O) groups excluding carboxylic acids is 4. The molecule has 4 N–H and O–H groups in total. The molecular weight excluding hydrogens is 791 g/mol. The number of aryl methyl sites for hydroxylation is 1. The zero-order valence-corrected chi connectivity index (χ0v) is 36.8. The highest BCUT2D eigenvalue weighted by Gasteiger charge is 2.30. The van der Waals surface area contributed by atoms with Crippen molar-refractivity contribution in [1.82, 2.24) is 20.3 Å². The van der Waals surface area contributed by atoms with E-state index < -0.39 is 71.0 Å². The Morgan fingerprint density at radius 2 is 1.37 bits per heavy atom. The highest BCUT2D eigenvalue weighted by Crippen LogP contribution is 2.22. The average molecular weight is 849 g/mol. The van der Waals surface area contributed by atoms with Crippen molar-refractivity contribution < 1.29 is 62.3 Å². The molecule has 3 amide bonds. The number of oxime groups is 1. The number of esters is 1. The summed E-state index contributed by atoms with van der Waals surface area (Å²) in [4.78, 5) is 72.2. The molecule has 0 bridgehead atoms. The van der Waals surface area contributed by atoms with Crippen molar-refractivity contribution >= 4 is 63.3 Å². The van der Waals surface area contributed by atoms with Crippen LogP contribution in [0.2, 0.25) is 0 Å².